The summed E-state index contributed by atoms with van der Waals surface area (Å²) in [4.78, 5) is 5.89. The van der Waals surface area contributed by atoms with E-state index in [4.69, 9.17) is 9.72 Å². The largest absolute Gasteiger partial charge is 0.497 e. The van der Waals surface area contributed by atoms with Gasteiger partial charge in [-0.05, 0) is 42.8 Å². The SMILES string of the molecule is CCCc1sc(Nc2ccccc2F)nc1-c1ccc(OC)cc1. The van der Waals surface area contributed by atoms with E-state index in [-0.39, 0.29) is 5.82 Å². The van der Waals surface area contributed by atoms with Crippen molar-refractivity contribution in [3.8, 4) is 17.0 Å². The molecule has 5 heteroatoms. The van der Waals surface area contributed by atoms with Gasteiger partial charge in [0.15, 0.2) is 5.13 Å². The second kappa shape index (κ2) is 7.45. The summed E-state index contributed by atoms with van der Waals surface area (Å²) >= 11 is 1.57. The zero-order valence-electron chi connectivity index (χ0n) is 13.7. The Hall–Kier alpha value is -2.40. The molecule has 3 rings (SSSR count). The summed E-state index contributed by atoms with van der Waals surface area (Å²) in [7, 11) is 1.65. The Morgan fingerprint density at radius 2 is 1.88 bits per heavy atom. The van der Waals surface area contributed by atoms with Gasteiger partial charge in [0, 0.05) is 10.4 Å². The van der Waals surface area contributed by atoms with Crippen LogP contribution in [0.15, 0.2) is 48.5 Å². The van der Waals surface area contributed by atoms with Crippen LogP contribution in [-0.4, -0.2) is 12.1 Å². The van der Waals surface area contributed by atoms with Crippen molar-refractivity contribution in [2.24, 2.45) is 0 Å². The van der Waals surface area contributed by atoms with Crippen LogP contribution in [0.2, 0.25) is 0 Å². The van der Waals surface area contributed by atoms with Crippen LogP contribution in [0, 0.1) is 5.82 Å². The number of hydrogen-bond donors (Lipinski definition) is 1. The van der Waals surface area contributed by atoms with Gasteiger partial charge in [-0.25, -0.2) is 9.37 Å². The molecule has 1 N–H and O–H groups in total. The van der Waals surface area contributed by atoms with Crippen molar-refractivity contribution in [3.63, 3.8) is 0 Å². The fourth-order valence-electron chi connectivity index (χ4n) is 2.45. The molecule has 2 aromatic carbocycles. The first-order chi connectivity index (χ1) is 11.7. The first-order valence-electron chi connectivity index (χ1n) is 7.87. The van der Waals surface area contributed by atoms with Crippen molar-refractivity contribution in [1.29, 1.82) is 0 Å². The second-order valence-corrected chi connectivity index (χ2v) is 6.46. The zero-order chi connectivity index (χ0) is 16.9. The average molecular weight is 342 g/mol. The molecule has 0 aliphatic heterocycles. The fraction of sp³-hybridized carbons (Fsp3) is 0.211. The maximum absolute atomic E-state index is 13.8. The van der Waals surface area contributed by atoms with Gasteiger partial charge >= 0.3 is 0 Å². The molecule has 0 fully saturated rings. The predicted molar refractivity (Wildman–Crippen MR) is 97.8 cm³/mol. The van der Waals surface area contributed by atoms with Crippen LogP contribution in [-0.2, 0) is 6.42 Å². The molecule has 24 heavy (non-hydrogen) atoms. The molecule has 1 aromatic heterocycles. The van der Waals surface area contributed by atoms with Crippen LogP contribution >= 0.6 is 11.3 Å². The molecule has 0 radical (unpaired) electrons. The predicted octanol–water partition coefficient (Wildman–Crippen LogP) is 5.65. The molecule has 3 aromatic rings. The number of nitrogens with one attached hydrogen (secondary N) is 1. The average Bonchev–Trinajstić information content (AvgIpc) is 3.00. The molecule has 1 heterocycles. The number of ether oxygens (including phenoxy) is 1. The summed E-state index contributed by atoms with van der Waals surface area (Å²) in [6.07, 6.45) is 1.97. The van der Waals surface area contributed by atoms with Crippen molar-refractivity contribution in [2.45, 2.75) is 19.8 Å². The summed E-state index contributed by atoms with van der Waals surface area (Å²) in [5, 5.41) is 3.79. The number of halogens is 1. The Morgan fingerprint density at radius 3 is 2.54 bits per heavy atom. The van der Waals surface area contributed by atoms with E-state index >= 15 is 0 Å². The minimum atomic E-state index is -0.282. The fourth-order valence-corrected chi connectivity index (χ4v) is 3.55. The number of benzene rings is 2. The first-order valence-corrected chi connectivity index (χ1v) is 8.68. The number of nitrogens with zero attached hydrogens (tertiary/aromatic N) is 1. The molecule has 0 amide bonds. The number of aryl methyl sites for hydroxylation is 1. The lowest BCUT2D eigenvalue weighted by atomic mass is 10.1. The number of para-hydroxylation sites is 1. The topological polar surface area (TPSA) is 34.2 Å². The second-order valence-electron chi connectivity index (χ2n) is 5.37. The normalized spacial score (nSPS) is 10.6. The number of anilines is 2. The van der Waals surface area contributed by atoms with E-state index in [0.717, 1.165) is 29.8 Å². The van der Waals surface area contributed by atoms with Crippen LogP contribution in [0.4, 0.5) is 15.2 Å². The van der Waals surface area contributed by atoms with Gasteiger partial charge in [0.1, 0.15) is 11.6 Å². The quantitative estimate of drug-likeness (QED) is 0.628. The number of rotatable bonds is 6. The van der Waals surface area contributed by atoms with Crippen LogP contribution in [0.3, 0.4) is 0 Å². The third-order valence-corrected chi connectivity index (χ3v) is 4.68. The molecule has 124 valence electrons. The van der Waals surface area contributed by atoms with E-state index in [0.29, 0.717) is 10.8 Å². The Kier molecular flexibility index (Phi) is 5.11. The molecule has 0 saturated carbocycles. The Balaban J connectivity index is 1.93. The van der Waals surface area contributed by atoms with Crippen molar-refractivity contribution in [2.75, 3.05) is 12.4 Å². The van der Waals surface area contributed by atoms with Gasteiger partial charge in [-0.15, -0.1) is 11.3 Å². The van der Waals surface area contributed by atoms with E-state index < -0.39 is 0 Å². The monoisotopic (exact) mass is 342 g/mol. The summed E-state index contributed by atoms with van der Waals surface area (Å²) in [6.45, 7) is 2.14. The summed E-state index contributed by atoms with van der Waals surface area (Å²) < 4.78 is 19.0. The molecule has 0 atom stereocenters. The molecule has 0 aliphatic rings. The van der Waals surface area contributed by atoms with E-state index in [1.165, 1.54) is 10.9 Å². The lowest BCUT2D eigenvalue weighted by Gasteiger charge is -2.03. The molecular formula is C19H19FN2OS. The number of methoxy groups -OCH3 is 1. The first kappa shape index (κ1) is 16.5. The summed E-state index contributed by atoms with van der Waals surface area (Å²) in [5.41, 5.74) is 2.43. The maximum atomic E-state index is 13.8. The Labute approximate surface area is 145 Å². The Bertz CT molecular complexity index is 814. The van der Waals surface area contributed by atoms with Crippen molar-refractivity contribution >= 4 is 22.2 Å². The van der Waals surface area contributed by atoms with Crippen LogP contribution in [0.25, 0.3) is 11.3 Å². The van der Waals surface area contributed by atoms with Gasteiger partial charge in [0.25, 0.3) is 0 Å². The number of aromatic nitrogens is 1. The van der Waals surface area contributed by atoms with E-state index in [1.54, 1.807) is 36.6 Å². The smallest absolute Gasteiger partial charge is 0.188 e. The highest BCUT2D eigenvalue weighted by molar-refractivity contribution is 7.16. The molecule has 0 unspecified atom stereocenters. The number of thiazole rings is 1. The van der Waals surface area contributed by atoms with Crippen LogP contribution in [0.1, 0.15) is 18.2 Å². The Morgan fingerprint density at radius 1 is 1.12 bits per heavy atom. The third-order valence-electron chi connectivity index (χ3n) is 3.65. The van der Waals surface area contributed by atoms with Crippen molar-refractivity contribution in [1.82, 2.24) is 4.98 Å². The van der Waals surface area contributed by atoms with Gasteiger partial charge in [-0.3, -0.25) is 0 Å². The van der Waals surface area contributed by atoms with E-state index in [2.05, 4.69) is 12.2 Å². The van der Waals surface area contributed by atoms with Gasteiger partial charge in [0.05, 0.1) is 18.5 Å². The standard InChI is InChI=1S/C19H19FN2OS/c1-3-6-17-18(13-9-11-14(23-2)12-10-13)22-19(24-17)21-16-8-5-4-7-15(16)20/h4-5,7-12H,3,6H2,1-2H3,(H,21,22). The molecule has 3 nitrogen and oxygen atoms in total. The van der Waals surface area contributed by atoms with Crippen molar-refractivity contribution in [3.05, 3.63) is 59.2 Å². The van der Waals surface area contributed by atoms with Crippen LogP contribution in [0.5, 0.6) is 5.75 Å². The highest BCUT2D eigenvalue weighted by atomic mass is 32.1. The lowest BCUT2D eigenvalue weighted by Crippen LogP contribution is -1.92. The summed E-state index contributed by atoms with van der Waals surface area (Å²) in [6, 6.07) is 14.5. The minimum Gasteiger partial charge on any atom is -0.497 e. The van der Waals surface area contributed by atoms with Gasteiger partial charge in [-0.2, -0.15) is 0 Å². The minimum absolute atomic E-state index is 0.282. The maximum Gasteiger partial charge on any atom is 0.188 e. The summed E-state index contributed by atoms with van der Waals surface area (Å²) in [5.74, 6) is 0.534. The van der Waals surface area contributed by atoms with E-state index in [9.17, 15) is 4.39 Å². The van der Waals surface area contributed by atoms with Gasteiger partial charge in [0.2, 0.25) is 0 Å². The molecule has 0 saturated heterocycles. The third kappa shape index (κ3) is 3.57. The molecule has 0 aliphatic carbocycles. The highest BCUT2D eigenvalue weighted by Crippen LogP contribution is 2.34. The zero-order valence-corrected chi connectivity index (χ0v) is 14.5. The van der Waals surface area contributed by atoms with Gasteiger partial charge < -0.3 is 10.1 Å². The lowest BCUT2D eigenvalue weighted by molar-refractivity contribution is 0.415. The molecule has 0 spiro atoms. The number of hydrogen-bond acceptors (Lipinski definition) is 4. The van der Waals surface area contributed by atoms with E-state index in [1.807, 2.05) is 24.3 Å². The van der Waals surface area contributed by atoms with Crippen LogP contribution < -0.4 is 10.1 Å². The van der Waals surface area contributed by atoms with Gasteiger partial charge in [-0.1, -0.05) is 25.5 Å². The van der Waals surface area contributed by atoms with Crippen molar-refractivity contribution < 1.29 is 9.13 Å². The molecular weight excluding hydrogens is 323 g/mol. The highest BCUT2D eigenvalue weighted by Gasteiger charge is 2.14. The molecule has 0 bridgehead atoms.